The summed E-state index contributed by atoms with van der Waals surface area (Å²) >= 11 is 5.60. The molecule has 0 radical (unpaired) electrons. The third-order valence-corrected chi connectivity index (χ3v) is 3.09. The number of halogens is 1. The molecule has 0 aliphatic heterocycles. The summed E-state index contributed by atoms with van der Waals surface area (Å²) in [6.45, 7) is 3.40. The summed E-state index contributed by atoms with van der Waals surface area (Å²) < 4.78 is 3.62. The Morgan fingerprint density at radius 1 is 1.17 bits per heavy atom. The van der Waals surface area contributed by atoms with Crippen molar-refractivity contribution in [1.82, 2.24) is 9.13 Å². The smallest absolute Gasteiger partial charge is 0.292 e. The highest BCUT2D eigenvalue weighted by molar-refractivity contribution is 6.18. The lowest BCUT2D eigenvalue weighted by molar-refractivity contribution is 0.641. The molecule has 0 saturated carbocycles. The zero-order valence-electron chi connectivity index (χ0n) is 10.5. The minimum atomic E-state index is 0.0530. The predicted octanol–water partition coefficient (Wildman–Crippen LogP) is 3.01. The van der Waals surface area contributed by atoms with Crippen LogP contribution in [0.1, 0.15) is 13.3 Å². The normalized spacial score (nSPS) is 11.7. The first-order valence-electron chi connectivity index (χ1n) is 6.18. The number of alkyl halides is 1. The number of aromatic nitrogens is 2. The number of hydrogen-bond donors (Lipinski definition) is 0. The minimum Gasteiger partial charge on any atom is -0.292 e. The number of rotatable bonds is 5. The second-order valence-electron chi connectivity index (χ2n) is 4.16. The molecule has 2 aromatic rings. The van der Waals surface area contributed by atoms with Gasteiger partial charge in [-0.25, -0.2) is 4.79 Å². The molecular formula is C14H17ClN2O. The largest absolute Gasteiger partial charge is 0.329 e. The van der Waals surface area contributed by atoms with Gasteiger partial charge in [0.05, 0.1) is 11.0 Å². The first-order valence-corrected chi connectivity index (χ1v) is 6.72. The Bertz CT molecular complexity index is 610. The second-order valence-corrected chi connectivity index (χ2v) is 4.47. The van der Waals surface area contributed by atoms with Gasteiger partial charge in [-0.3, -0.25) is 9.13 Å². The topological polar surface area (TPSA) is 26.9 Å². The standard InChI is InChI=1S/C14H17ClN2O/c1-2-10-16-12-7-3-4-8-13(12)17(14(16)18)11-6-5-9-15/h3-8H,2,9-11H2,1H3/b6-5-. The molecule has 0 bridgehead atoms. The van der Waals surface area contributed by atoms with Crippen molar-refractivity contribution in [2.24, 2.45) is 0 Å². The highest BCUT2D eigenvalue weighted by atomic mass is 35.5. The lowest BCUT2D eigenvalue weighted by Gasteiger charge is -1.98. The molecule has 96 valence electrons. The molecule has 0 aliphatic carbocycles. The molecule has 3 nitrogen and oxygen atoms in total. The van der Waals surface area contributed by atoms with Crippen molar-refractivity contribution >= 4 is 22.6 Å². The van der Waals surface area contributed by atoms with Gasteiger partial charge in [-0.1, -0.05) is 31.2 Å². The number of imidazole rings is 1. The number of allylic oxidation sites excluding steroid dienone is 2. The molecule has 0 N–H and O–H groups in total. The first kappa shape index (κ1) is 13.0. The van der Waals surface area contributed by atoms with Crippen LogP contribution in [0.3, 0.4) is 0 Å². The number of para-hydroxylation sites is 2. The van der Waals surface area contributed by atoms with Crippen LogP contribution in [0.4, 0.5) is 0 Å². The molecule has 0 unspecified atom stereocenters. The van der Waals surface area contributed by atoms with E-state index in [1.165, 1.54) is 0 Å². The third-order valence-electron chi connectivity index (χ3n) is 2.92. The molecule has 1 aromatic heterocycles. The zero-order chi connectivity index (χ0) is 13.0. The fourth-order valence-corrected chi connectivity index (χ4v) is 2.26. The number of benzene rings is 1. The van der Waals surface area contributed by atoms with Gasteiger partial charge >= 0.3 is 5.69 Å². The molecule has 2 rings (SSSR count). The Hall–Kier alpha value is -1.48. The summed E-state index contributed by atoms with van der Waals surface area (Å²) in [5.74, 6) is 0.475. The predicted molar refractivity (Wildman–Crippen MR) is 76.3 cm³/mol. The SMILES string of the molecule is CCCn1c(=O)n(C/C=C\CCl)c2ccccc21. The zero-order valence-corrected chi connectivity index (χ0v) is 11.2. The highest BCUT2D eigenvalue weighted by Crippen LogP contribution is 2.13. The second kappa shape index (κ2) is 5.91. The van der Waals surface area contributed by atoms with Crippen LogP contribution >= 0.6 is 11.6 Å². The lowest BCUT2D eigenvalue weighted by Crippen LogP contribution is -2.23. The van der Waals surface area contributed by atoms with Crippen LogP contribution in [-0.2, 0) is 13.1 Å². The average molecular weight is 265 g/mol. The van der Waals surface area contributed by atoms with E-state index < -0.39 is 0 Å². The van der Waals surface area contributed by atoms with E-state index in [4.69, 9.17) is 11.6 Å². The number of aryl methyl sites for hydroxylation is 1. The first-order chi connectivity index (χ1) is 8.79. The quantitative estimate of drug-likeness (QED) is 0.602. The van der Waals surface area contributed by atoms with Gasteiger partial charge < -0.3 is 0 Å². The fraction of sp³-hybridized carbons (Fsp3) is 0.357. The Morgan fingerprint density at radius 2 is 1.83 bits per heavy atom. The summed E-state index contributed by atoms with van der Waals surface area (Å²) in [7, 11) is 0. The van der Waals surface area contributed by atoms with Crippen LogP contribution in [0.25, 0.3) is 11.0 Å². The number of hydrogen-bond acceptors (Lipinski definition) is 1. The van der Waals surface area contributed by atoms with Crippen LogP contribution in [0.5, 0.6) is 0 Å². The van der Waals surface area contributed by atoms with E-state index in [2.05, 4.69) is 6.92 Å². The summed E-state index contributed by atoms with van der Waals surface area (Å²) in [6, 6.07) is 7.90. The maximum absolute atomic E-state index is 12.3. The molecule has 0 saturated heterocycles. The Kier molecular flexibility index (Phi) is 4.26. The Morgan fingerprint density at radius 3 is 2.44 bits per heavy atom. The molecule has 18 heavy (non-hydrogen) atoms. The number of fused-ring (bicyclic) bond motifs is 1. The van der Waals surface area contributed by atoms with Gasteiger partial charge in [0.2, 0.25) is 0 Å². The van der Waals surface area contributed by atoms with E-state index in [1.807, 2.05) is 41.0 Å². The van der Waals surface area contributed by atoms with Gasteiger partial charge in [0.1, 0.15) is 0 Å². The van der Waals surface area contributed by atoms with Gasteiger partial charge in [0.25, 0.3) is 0 Å². The van der Waals surface area contributed by atoms with E-state index in [9.17, 15) is 4.79 Å². The van der Waals surface area contributed by atoms with E-state index in [0.717, 1.165) is 24.0 Å². The monoisotopic (exact) mass is 264 g/mol. The molecule has 0 fully saturated rings. The number of nitrogens with zero attached hydrogens (tertiary/aromatic N) is 2. The summed E-state index contributed by atoms with van der Waals surface area (Å²) in [4.78, 5) is 12.3. The molecule has 0 atom stereocenters. The molecule has 0 spiro atoms. The van der Waals surface area contributed by atoms with Crippen molar-refractivity contribution in [2.75, 3.05) is 5.88 Å². The molecule has 0 aliphatic rings. The van der Waals surface area contributed by atoms with Gasteiger partial charge in [0.15, 0.2) is 0 Å². The van der Waals surface area contributed by atoms with Gasteiger partial charge in [-0.15, -0.1) is 11.6 Å². The van der Waals surface area contributed by atoms with Crippen LogP contribution in [0.2, 0.25) is 0 Å². The van der Waals surface area contributed by atoms with E-state index in [1.54, 1.807) is 4.57 Å². The summed E-state index contributed by atoms with van der Waals surface area (Å²) in [5, 5.41) is 0. The van der Waals surface area contributed by atoms with Crippen LogP contribution in [0, 0.1) is 0 Å². The maximum Gasteiger partial charge on any atom is 0.329 e. The van der Waals surface area contributed by atoms with Gasteiger partial charge in [-0.2, -0.15) is 0 Å². The summed E-state index contributed by atoms with van der Waals surface area (Å²) in [6.07, 6.45) is 4.74. The van der Waals surface area contributed by atoms with Crippen molar-refractivity contribution in [2.45, 2.75) is 26.4 Å². The van der Waals surface area contributed by atoms with Crippen LogP contribution in [0.15, 0.2) is 41.2 Å². The third kappa shape index (κ3) is 2.36. The van der Waals surface area contributed by atoms with E-state index in [0.29, 0.717) is 12.4 Å². The van der Waals surface area contributed by atoms with Crippen molar-refractivity contribution < 1.29 is 0 Å². The molecule has 1 aromatic carbocycles. The summed E-state index contributed by atoms with van der Waals surface area (Å²) in [5.41, 5.74) is 2.04. The van der Waals surface area contributed by atoms with Crippen molar-refractivity contribution in [1.29, 1.82) is 0 Å². The van der Waals surface area contributed by atoms with Crippen molar-refractivity contribution in [3.05, 3.63) is 46.9 Å². The van der Waals surface area contributed by atoms with Crippen LogP contribution in [-0.4, -0.2) is 15.0 Å². The van der Waals surface area contributed by atoms with E-state index >= 15 is 0 Å². The molecule has 1 heterocycles. The highest BCUT2D eigenvalue weighted by Gasteiger charge is 2.10. The van der Waals surface area contributed by atoms with E-state index in [-0.39, 0.29) is 5.69 Å². The molecule has 0 amide bonds. The Balaban J connectivity index is 2.54. The maximum atomic E-state index is 12.3. The van der Waals surface area contributed by atoms with Crippen molar-refractivity contribution in [3.8, 4) is 0 Å². The van der Waals surface area contributed by atoms with Crippen molar-refractivity contribution in [3.63, 3.8) is 0 Å². The van der Waals surface area contributed by atoms with Gasteiger partial charge in [-0.05, 0) is 18.6 Å². The molecular weight excluding hydrogens is 248 g/mol. The average Bonchev–Trinajstić information content (AvgIpc) is 2.65. The van der Waals surface area contributed by atoms with Crippen LogP contribution < -0.4 is 5.69 Å². The molecule has 4 heteroatoms. The fourth-order valence-electron chi connectivity index (χ4n) is 2.13. The lowest BCUT2D eigenvalue weighted by atomic mass is 10.3. The van der Waals surface area contributed by atoms with Gasteiger partial charge in [0, 0.05) is 19.0 Å². The minimum absolute atomic E-state index is 0.0530. The Labute approximate surface area is 111 Å².